The van der Waals surface area contributed by atoms with Crippen LogP contribution in [-0.4, -0.2) is 23.0 Å². The molecule has 2 rings (SSSR count). The van der Waals surface area contributed by atoms with Crippen molar-refractivity contribution in [3.8, 4) is 0 Å². The van der Waals surface area contributed by atoms with Gasteiger partial charge in [-0.05, 0) is 42.5 Å². The van der Waals surface area contributed by atoms with E-state index in [4.69, 9.17) is 10.8 Å². The van der Waals surface area contributed by atoms with Gasteiger partial charge in [-0.15, -0.1) is 0 Å². The van der Waals surface area contributed by atoms with Crippen LogP contribution in [0.5, 0.6) is 0 Å². The van der Waals surface area contributed by atoms with Gasteiger partial charge in [-0.25, -0.2) is 0 Å². The summed E-state index contributed by atoms with van der Waals surface area (Å²) in [4.78, 5) is 22.1. The summed E-state index contributed by atoms with van der Waals surface area (Å²) in [5, 5.41) is 11.3. The minimum atomic E-state index is -1.17. The van der Waals surface area contributed by atoms with Gasteiger partial charge in [0.2, 0.25) is 5.91 Å². The molecule has 0 fully saturated rings. The number of hydrogen-bond donors (Lipinski definition) is 3. The number of aryl methyl sites for hydroxylation is 2. The van der Waals surface area contributed by atoms with Gasteiger partial charge in [0.25, 0.3) is 0 Å². The zero-order valence-electron chi connectivity index (χ0n) is 9.98. The highest BCUT2D eigenvalue weighted by molar-refractivity contribution is 5.94. The van der Waals surface area contributed by atoms with Gasteiger partial charge in [-0.1, -0.05) is 6.07 Å². The normalized spacial score (nSPS) is 14.9. The first-order valence-corrected chi connectivity index (χ1v) is 5.96. The number of fused-ring (bicyclic) bond motifs is 1. The topological polar surface area (TPSA) is 92.4 Å². The van der Waals surface area contributed by atoms with Crippen molar-refractivity contribution in [2.75, 3.05) is 5.32 Å². The first-order valence-electron chi connectivity index (χ1n) is 5.96. The average molecular weight is 248 g/mol. The molecule has 1 aliphatic rings. The summed E-state index contributed by atoms with van der Waals surface area (Å²) in [6.45, 7) is 0. The van der Waals surface area contributed by atoms with E-state index < -0.39 is 12.0 Å². The summed E-state index contributed by atoms with van der Waals surface area (Å²) in [5.74, 6) is -1.54. The SMILES string of the molecule is NC(CC(=O)Nc1ccc2c(c1)CCC2)C(=O)O. The molecule has 1 aromatic carbocycles. The van der Waals surface area contributed by atoms with Gasteiger partial charge in [0, 0.05) is 5.69 Å². The molecule has 96 valence electrons. The molecule has 0 aromatic heterocycles. The van der Waals surface area contributed by atoms with Crippen LogP contribution < -0.4 is 11.1 Å². The molecule has 0 bridgehead atoms. The maximum Gasteiger partial charge on any atom is 0.321 e. The van der Waals surface area contributed by atoms with Gasteiger partial charge in [0.1, 0.15) is 6.04 Å². The summed E-state index contributed by atoms with van der Waals surface area (Å²) >= 11 is 0. The Hall–Kier alpha value is -1.88. The number of amides is 1. The highest BCUT2D eigenvalue weighted by Gasteiger charge is 2.17. The maximum absolute atomic E-state index is 11.6. The molecule has 1 atom stereocenters. The molecule has 0 heterocycles. The van der Waals surface area contributed by atoms with Crippen molar-refractivity contribution in [1.29, 1.82) is 0 Å². The summed E-state index contributed by atoms with van der Waals surface area (Å²) < 4.78 is 0. The van der Waals surface area contributed by atoms with Gasteiger partial charge in [0.05, 0.1) is 6.42 Å². The number of aliphatic carboxylic acids is 1. The maximum atomic E-state index is 11.6. The molecule has 1 aliphatic carbocycles. The molecule has 0 spiro atoms. The lowest BCUT2D eigenvalue weighted by Crippen LogP contribution is -2.34. The predicted octanol–water partition coefficient (Wildman–Crippen LogP) is 0.916. The molecule has 0 saturated carbocycles. The Morgan fingerprint density at radius 2 is 2.06 bits per heavy atom. The number of nitrogens with one attached hydrogen (secondary N) is 1. The fraction of sp³-hybridized carbons (Fsp3) is 0.385. The summed E-state index contributed by atoms with van der Waals surface area (Å²) in [6.07, 6.45) is 3.06. The fourth-order valence-electron chi connectivity index (χ4n) is 2.15. The molecule has 0 radical (unpaired) electrons. The lowest BCUT2D eigenvalue weighted by molar-refractivity contribution is -0.140. The summed E-state index contributed by atoms with van der Waals surface area (Å²) in [6, 6.07) is 4.65. The Morgan fingerprint density at radius 1 is 1.33 bits per heavy atom. The monoisotopic (exact) mass is 248 g/mol. The van der Waals surface area contributed by atoms with E-state index in [1.54, 1.807) is 0 Å². The van der Waals surface area contributed by atoms with E-state index in [1.807, 2.05) is 18.2 Å². The second kappa shape index (κ2) is 5.18. The molecule has 4 N–H and O–H groups in total. The minimum absolute atomic E-state index is 0.216. The third-order valence-corrected chi connectivity index (χ3v) is 3.10. The third kappa shape index (κ3) is 2.87. The van der Waals surface area contributed by atoms with Crippen LogP contribution in [0.2, 0.25) is 0 Å². The second-order valence-electron chi connectivity index (χ2n) is 4.53. The standard InChI is InChI=1S/C13H16N2O3/c14-11(13(17)18)7-12(16)15-10-5-4-8-2-1-3-9(8)6-10/h4-6,11H,1-3,7,14H2,(H,15,16)(H,17,18). The largest absolute Gasteiger partial charge is 0.480 e. The van der Waals surface area contributed by atoms with Crippen LogP contribution >= 0.6 is 0 Å². The molecule has 18 heavy (non-hydrogen) atoms. The summed E-state index contributed by atoms with van der Waals surface area (Å²) in [5.41, 5.74) is 8.60. The molecule has 5 nitrogen and oxygen atoms in total. The highest BCUT2D eigenvalue weighted by Crippen LogP contribution is 2.24. The molecule has 1 amide bonds. The average Bonchev–Trinajstić information content (AvgIpc) is 2.75. The Balaban J connectivity index is 1.97. The van der Waals surface area contributed by atoms with E-state index in [0.717, 1.165) is 19.3 Å². The molecule has 1 aromatic rings. The molecular formula is C13H16N2O3. The zero-order valence-corrected chi connectivity index (χ0v) is 9.98. The molecule has 0 aliphatic heterocycles. The van der Waals surface area contributed by atoms with Crippen molar-refractivity contribution in [1.82, 2.24) is 0 Å². The van der Waals surface area contributed by atoms with Gasteiger partial charge < -0.3 is 16.2 Å². The zero-order chi connectivity index (χ0) is 13.1. The Labute approximate surface area is 105 Å². The smallest absolute Gasteiger partial charge is 0.321 e. The van der Waals surface area contributed by atoms with Crippen LogP contribution in [0.15, 0.2) is 18.2 Å². The van der Waals surface area contributed by atoms with Crippen molar-refractivity contribution in [2.24, 2.45) is 5.73 Å². The first-order chi connectivity index (χ1) is 8.56. The number of carboxylic acid groups (broad SMARTS) is 1. The van der Waals surface area contributed by atoms with Crippen molar-refractivity contribution >= 4 is 17.6 Å². The molecule has 5 heteroatoms. The van der Waals surface area contributed by atoms with Crippen LogP contribution in [0.3, 0.4) is 0 Å². The van der Waals surface area contributed by atoms with E-state index in [0.29, 0.717) is 5.69 Å². The number of nitrogens with two attached hydrogens (primary N) is 1. The van der Waals surface area contributed by atoms with Crippen LogP contribution in [0.1, 0.15) is 24.0 Å². The Bertz CT molecular complexity index is 485. The Kier molecular flexibility index (Phi) is 3.62. The number of rotatable bonds is 4. The Morgan fingerprint density at radius 3 is 2.78 bits per heavy atom. The van der Waals surface area contributed by atoms with Gasteiger partial charge in [0.15, 0.2) is 0 Å². The number of benzene rings is 1. The summed E-state index contributed by atoms with van der Waals surface area (Å²) in [7, 11) is 0. The van der Waals surface area contributed by atoms with Crippen molar-refractivity contribution in [3.05, 3.63) is 29.3 Å². The molecule has 1 unspecified atom stereocenters. The van der Waals surface area contributed by atoms with Crippen LogP contribution in [0.4, 0.5) is 5.69 Å². The van der Waals surface area contributed by atoms with Crippen LogP contribution in [0, 0.1) is 0 Å². The number of carboxylic acids is 1. The van der Waals surface area contributed by atoms with Crippen molar-refractivity contribution in [2.45, 2.75) is 31.7 Å². The molecular weight excluding hydrogens is 232 g/mol. The van der Waals surface area contributed by atoms with Crippen molar-refractivity contribution in [3.63, 3.8) is 0 Å². The first kappa shape index (κ1) is 12.6. The van der Waals surface area contributed by atoms with Gasteiger partial charge in [-0.3, -0.25) is 9.59 Å². The third-order valence-electron chi connectivity index (χ3n) is 3.10. The van der Waals surface area contributed by atoms with E-state index in [1.165, 1.54) is 11.1 Å². The lowest BCUT2D eigenvalue weighted by Gasteiger charge is -2.09. The number of carbonyl (C=O) groups excluding carboxylic acids is 1. The quantitative estimate of drug-likeness (QED) is 0.738. The number of carbonyl (C=O) groups is 2. The highest BCUT2D eigenvalue weighted by atomic mass is 16.4. The van der Waals surface area contributed by atoms with E-state index in [9.17, 15) is 9.59 Å². The minimum Gasteiger partial charge on any atom is -0.480 e. The van der Waals surface area contributed by atoms with E-state index in [-0.39, 0.29) is 12.3 Å². The second-order valence-corrected chi connectivity index (χ2v) is 4.53. The predicted molar refractivity (Wildman–Crippen MR) is 67.3 cm³/mol. The van der Waals surface area contributed by atoms with Crippen LogP contribution in [-0.2, 0) is 22.4 Å². The van der Waals surface area contributed by atoms with E-state index in [2.05, 4.69) is 5.32 Å². The van der Waals surface area contributed by atoms with E-state index >= 15 is 0 Å². The van der Waals surface area contributed by atoms with Gasteiger partial charge >= 0.3 is 5.97 Å². The van der Waals surface area contributed by atoms with Crippen LogP contribution in [0.25, 0.3) is 0 Å². The van der Waals surface area contributed by atoms with Gasteiger partial charge in [-0.2, -0.15) is 0 Å². The number of hydrogen-bond acceptors (Lipinski definition) is 3. The van der Waals surface area contributed by atoms with Crippen molar-refractivity contribution < 1.29 is 14.7 Å². The number of anilines is 1. The lowest BCUT2D eigenvalue weighted by atomic mass is 10.1. The molecule has 0 saturated heterocycles. The fourth-order valence-corrected chi connectivity index (χ4v) is 2.15.